The van der Waals surface area contributed by atoms with Crippen LogP contribution in [0.15, 0.2) is 23.6 Å². The third-order valence-electron chi connectivity index (χ3n) is 3.01. The Labute approximate surface area is 99.4 Å². The molecule has 0 saturated carbocycles. The molecule has 0 aliphatic carbocycles. The number of rotatable bonds is 1. The van der Waals surface area contributed by atoms with Crippen LogP contribution in [0.1, 0.15) is 16.1 Å². The maximum atomic E-state index is 4.53. The largest absolute Gasteiger partial charge is 0.312 e. The van der Waals surface area contributed by atoms with Crippen LogP contribution in [0, 0.1) is 6.92 Å². The number of hydrogen-bond donors (Lipinski definition) is 1. The van der Waals surface area contributed by atoms with Crippen LogP contribution in [-0.2, 0) is 13.0 Å². The van der Waals surface area contributed by atoms with Gasteiger partial charge in [-0.3, -0.25) is 0 Å². The van der Waals surface area contributed by atoms with Crippen LogP contribution in [-0.4, -0.2) is 11.5 Å². The molecule has 0 bridgehead atoms. The average Bonchev–Trinajstić information content (AvgIpc) is 2.75. The van der Waals surface area contributed by atoms with Gasteiger partial charge in [-0.2, -0.15) is 0 Å². The van der Waals surface area contributed by atoms with Crippen molar-refractivity contribution in [1.82, 2.24) is 10.3 Å². The summed E-state index contributed by atoms with van der Waals surface area (Å²) in [7, 11) is 0. The highest BCUT2D eigenvalue weighted by molar-refractivity contribution is 7.09. The summed E-state index contributed by atoms with van der Waals surface area (Å²) in [6.07, 6.45) is 1.13. The Bertz CT molecular complexity index is 516. The van der Waals surface area contributed by atoms with Crippen LogP contribution >= 0.6 is 11.3 Å². The highest BCUT2D eigenvalue weighted by atomic mass is 32.1. The second-order valence-electron chi connectivity index (χ2n) is 4.16. The van der Waals surface area contributed by atoms with Crippen molar-refractivity contribution in [2.75, 3.05) is 6.54 Å². The molecule has 1 N–H and O–H groups in total. The topological polar surface area (TPSA) is 24.9 Å². The molecule has 1 aliphatic heterocycles. The van der Waals surface area contributed by atoms with E-state index in [0.29, 0.717) is 0 Å². The molecule has 1 aromatic heterocycles. The highest BCUT2D eigenvalue weighted by Gasteiger charge is 2.10. The SMILES string of the molecule is Cc1nc(-c2ccc3c(c2)CCNC3)cs1. The van der Waals surface area contributed by atoms with E-state index in [0.717, 1.165) is 30.2 Å². The minimum absolute atomic E-state index is 1.01. The zero-order valence-corrected chi connectivity index (χ0v) is 10.1. The molecule has 0 unspecified atom stereocenters. The third-order valence-corrected chi connectivity index (χ3v) is 3.78. The van der Waals surface area contributed by atoms with E-state index in [2.05, 4.69) is 40.8 Å². The lowest BCUT2D eigenvalue weighted by Gasteiger charge is -2.17. The summed E-state index contributed by atoms with van der Waals surface area (Å²) in [5.74, 6) is 0. The fraction of sp³-hybridized carbons (Fsp3) is 0.308. The second-order valence-corrected chi connectivity index (χ2v) is 5.22. The summed E-state index contributed by atoms with van der Waals surface area (Å²) in [4.78, 5) is 4.53. The van der Waals surface area contributed by atoms with Gasteiger partial charge >= 0.3 is 0 Å². The fourth-order valence-corrected chi connectivity index (χ4v) is 2.75. The minimum Gasteiger partial charge on any atom is -0.312 e. The summed E-state index contributed by atoms with van der Waals surface area (Å²) in [5, 5.41) is 6.66. The fourth-order valence-electron chi connectivity index (χ4n) is 2.13. The first-order valence-electron chi connectivity index (χ1n) is 5.58. The van der Waals surface area contributed by atoms with Crippen LogP contribution in [0.25, 0.3) is 11.3 Å². The molecule has 2 aromatic rings. The molecular formula is C13H14N2S. The van der Waals surface area contributed by atoms with E-state index in [9.17, 15) is 0 Å². The summed E-state index contributed by atoms with van der Waals surface area (Å²) >= 11 is 1.71. The zero-order chi connectivity index (χ0) is 11.0. The lowest BCUT2D eigenvalue weighted by molar-refractivity contribution is 0.644. The van der Waals surface area contributed by atoms with Crippen molar-refractivity contribution in [1.29, 1.82) is 0 Å². The van der Waals surface area contributed by atoms with Crippen molar-refractivity contribution in [3.05, 3.63) is 39.7 Å². The molecule has 0 spiro atoms. The number of nitrogens with zero attached hydrogens (tertiary/aromatic N) is 1. The molecule has 1 aromatic carbocycles. The molecule has 16 heavy (non-hydrogen) atoms. The van der Waals surface area contributed by atoms with Gasteiger partial charge in [0.1, 0.15) is 0 Å². The predicted octanol–water partition coefficient (Wildman–Crippen LogP) is 2.76. The molecule has 0 radical (unpaired) electrons. The summed E-state index contributed by atoms with van der Waals surface area (Å²) in [6, 6.07) is 6.70. The number of thiazole rings is 1. The van der Waals surface area contributed by atoms with Crippen molar-refractivity contribution >= 4 is 11.3 Å². The van der Waals surface area contributed by atoms with Gasteiger partial charge in [-0.1, -0.05) is 12.1 Å². The Morgan fingerprint density at radius 2 is 2.25 bits per heavy atom. The Morgan fingerprint density at radius 1 is 1.31 bits per heavy atom. The summed E-state index contributed by atoms with van der Waals surface area (Å²) in [5.41, 5.74) is 5.28. The van der Waals surface area contributed by atoms with E-state index in [-0.39, 0.29) is 0 Å². The molecule has 82 valence electrons. The number of benzene rings is 1. The smallest absolute Gasteiger partial charge is 0.0901 e. The van der Waals surface area contributed by atoms with E-state index in [1.54, 1.807) is 11.3 Å². The first-order chi connectivity index (χ1) is 7.83. The molecule has 2 heterocycles. The molecule has 3 rings (SSSR count). The van der Waals surface area contributed by atoms with E-state index in [1.165, 1.54) is 16.7 Å². The van der Waals surface area contributed by atoms with Gasteiger partial charge in [-0.05, 0) is 37.1 Å². The maximum absolute atomic E-state index is 4.53. The third kappa shape index (κ3) is 1.77. The Morgan fingerprint density at radius 3 is 3.06 bits per heavy atom. The first-order valence-corrected chi connectivity index (χ1v) is 6.46. The number of hydrogen-bond acceptors (Lipinski definition) is 3. The zero-order valence-electron chi connectivity index (χ0n) is 9.29. The quantitative estimate of drug-likeness (QED) is 0.815. The average molecular weight is 230 g/mol. The molecule has 0 fully saturated rings. The molecule has 0 saturated heterocycles. The Kier molecular flexibility index (Phi) is 2.50. The number of aromatic nitrogens is 1. The normalized spacial score (nSPS) is 14.8. The van der Waals surface area contributed by atoms with Gasteiger partial charge in [-0.15, -0.1) is 11.3 Å². The molecule has 2 nitrogen and oxygen atoms in total. The molecular weight excluding hydrogens is 216 g/mol. The van der Waals surface area contributed by atoms with Gasteiger partial charge in [0.25, 0.3) is 0 Å². The number of fused-ring (bicyclic) bond motifs is 1. The molecule has 1 aliphatic rings. The van der Waals surface area contributed by atoms with Gasteiger partial charge in [0.15, 0.2) is 0 Å². The van der Waals surface area contributed by atoms with Crippen molar-refractivity contribution in [3.8, 4) is 11.3 Å². The van der Waals surface area contributed by atoms with E-state index < -0.39 is 0 Å². The summed E-state index contributed by atoms with van der Waals surface area (Å²) < 4.78 is 0. The van der Waals surface area contributed by atoms with Gasteiger partial charge in [-0.25, -0.2) is 4.98 Å². The van der Waals surface area contributed by atoms with E-state index in [4.69, 9.17) is 0 Å². The van der Waals surface area contributed by atoms with Crippen LogP contribution in [0.5, 0.6) is 0 Å². The lowest BCUT2D eigenvalue weighted by Crippen LogP contribution is -2.23. The van der Waals surface area contributed by atoms with Crippen molar-refractivity contribution in [2.24, 2.45) is 0 Å². The van der Waals surface area contributed by atoms with Gasteiger partial charge in [0.2, 0.25) is 0 Å². The molecule has 3 heteroatoms. The van der Waals surface area contributed by atoms with Gasteiger partial charge in [0.05, 0.1) is 10.7 Å². The van der Waals surface area contributed by atoms with E-state index >= 15 is 0 Å². The maximum Gasteiger partial charge on any atom is 0.0901 e. The predicted molar refractivity (Wildman–Crippen MR) is 67.7 cm³/mol. The number of nitrogens with one attached hydrogen (secondary N) is 1. The van der Waals surface area contributed by atoms with Crippen LogP contribution in [0.2, 0.25) is 0 Å². The van der Waals surface area contributed by atoms with Crippen LogP contribution in [0.4, 0.5) is 0 Å². The van der Waals surface area contributed by atoms with Crippen molar-refractivity contribution in [3.63, 3.8) is 0 Å². The minimum atomic E-state index is 1.01. The van der Waals surface area contributed by atoms with Crippen molar-refractivity contribution < 1.29 is 0 Å². The highest BCUT2D eigenvalue weighted by Crippen LogP contribution is 2.25. The van der Waals surface area contributed by atoms with Gasteiger partial charge in [0, 0.05) is 17.5 Å². The number of aryl methyl sites for hydroxylation is 1. The van der Waals surface area contributed by atoms with E-state index in [1.807, 2.05) is 0 Å². The van der Waals surface area contributed by atoms with Crippen LogP contribution in [0.3, 0.4) is 0 Å². The summed E-state index contributed by atoms with van der Waals surface area (Å²) in [6.45, 7) is 4.15. The monoisotopic (exact) mass is 230 g/mol. The molecule has 0 amide bonds. The lowest BCUT2D eigenvalue weighted by atomic mass is 9.98. The Balaban J connectivity index is 2.02. The van der Waals surface area contributed by atoms with Crippen LogP contribution < -0.4 is 5.32 Å². The first kappa shape index (κ1) is 10.00. The molecule has 0 atom stereocenters. The van der Waals surface area contributed by atoms with Gasteiger partial charge < -0.3 is 5.32 Å². The van der Waals surface area contributed by atoms with Crippen molar-refractivity contribution in [2.45, 2.75) is 19.9 Å². The standard InChI is InChI=1S/C13H14N2S/c1-9-15-13(8-16-9)11-2-3-12-7-14-5-4-10(12)6-11/h2-3,6,8,14H,4-5,7H2,1H3. The second kappa shape index (κ2) is 4.00. The Hall–Kier alpha value is -1.19.